The van der Waals surface area contributed by atoms with E-state index in [1.165, 1.54) is 5.56 Å². The minimum Gasteiger partial charge on any atom is -0.383 e. The van der Waals surface area contributed by atoms with Crippen molar-refractivity contribution in [3.05, 3.63) is 63.5 Å². The van der Waals surface area contributed by atoms with Crippen molar-refractivity contribution in [3.63, 3.8) is 0 Å². The van der Waals surface area contributed by atoms with Gasteiger partial charge in [-0.1, -0.05) is 35.9 Å². The Morgan fingerprint density at radius 3 is 2.76 bits per heavy atom. The molecular weight excluding hydrogens is 334 g/mol. The number of hydrogen-bond acceptors (Lipinski definition) is 4. The van der Waals surface area contributed by atoms with Gasteiger partial charge in [0, 0.05) is 29.7 Å². The van der Waals surface area contributed by atoms with Crippen LogP contribution in [0.5, 0.6) is 0 Å². The van der Waals surface area contributed by atoms with Crippen molar-refractivity contribution in [2.45, 2.75) is 13.0 Å². The van der Waals surface area contributed by atoms with Crippen molar-refractivity contribution in [2.24, 2.45) is 0 Å². The van der Waals surface area contributed by atoms with Crippen LogP contribution in [-0.4, -0.2) is 41.3 Å². The summed E-state index contributed by atoms with van der Waals surface area (Å²) in [5.41, 5.74) is 4.62. The van der Waals surface area contributed by atoms with Gasteiger partial charge >= 0.3 is 0 Å². The third-order valence-electron chi connectivity index (χ3n) is 4.54. The summed E-state index contributed by atoms with van der Waals surface area (Å²) < 4.78 is 5.20. The summed E-state index contributed by atoms with van der Waals surface area (Å²) in [6, 6.07) is 12.2. The third kappa shape index (κ3) is 2.67. The maximum Gasteiger partial charge on any atom is 0.273 e. The number of nitrogens with zero attached hydrogens (tertiary/aromatic N) is 2. The van der Waals surface area contributed by atoms with E-state index in [1.54, 1.807) is 18.4 Å². The SMILES string of the molecule is COCCN1C(=O)c2[nH]nc(-c3ccc(C)cc3)c2C1c1cccs1. The van der Waals surface area contributed by atoms with E-state index in [2.05, 4.69) is 47.5 Å². The largest absolute Gasteiger partial charge is 0.383 e. The van der Waals surface area contributed by atoms with E-state index >= 15 is 0 Å². The molecule has 1 amide bonds. The van der Waals surface area contributed by atoms with Gasteiger partial charge in [-0.2, -0.15) is 5.10 Å². The fourth-order valence-electron chi connectivity index (χ4n) is 3.29. The maximum atomic E-state index is 12.9. The number of benzene rings is 1. The van der Waals surface area contributed by atoms with Crippen molar-refractivity contribution in [1.82, 2.24) is 15.1 Å². The van der Waals surface area contributed by atoms with Crippen molar-refractivity contribution in [3.8, 4) is 11.3 Å². The van der Waals surface area contributed by atoms with Gasteiger partial charge in [0.05, 0.1) is 18.3 Å². The number of carbonyl (C=O) groups is 1. The monoisotopic (exact) mass is 353 g/mol. The van der Waals surface area contributed by atoms with Gasteiger partial charge in [0.2, 0.25) is 0 Å². The van der Waals surface area contributed by atoms with Crippen molar-refractivity contribution in [1.29, 1.82) is 0 Å². The average molecular weight is 353 g/mol. The van der Waals surface area contributed by atoms with Crippen molar-refractivity contribution < 1.29 is 9.53 Å². The van der Waals surface area contributed by atoms with E-state index in [9.17, 15) is 4.79 Å². The molecule has 0 saturated carbocycles. The number of fused-ring (bicyclic) bond motifs is 1. The molecule has 1 N–H and O–H groups in total. The summed E-state index contributed by atoms with van der Waals surface area (Å²) in [7, 11) is 1.65. The number of aromatic amines is 1. The van der Waals surface area contributed by atoms with Crippen molar-refractivity contribution >= 4 is 17.2 Å². The second-order valence-electron chi connectivity index (χ2n) is 6.14. The molecule has 1 aliphatic rings. The van der Waals surface area contributed by atoms with Gasteiger partial charge in [0.15, 0.2) is 0 Å². The van der Waals surface area contributed by atoms with E-state index in [1.807, 2.05) is 16.3 Å². The maximum absolute atomic E-state index is 12.9. The van der Waals surface area contributed by atoms with Gasteiger partial charge in [-0.25, -0.2) is 0 Å². The number of aromatic nitrogens is 2. The summed E-state index contributed by atoms with van der Waals surface area (Å²) in [6.45, 7) is 3.11. The molecule has 0 aliphatic carbocycles. The number of ether oxygens (including phenoxy) is 1. The van der Waals surface area contributed by atoms with Gasteiger partial charge in [0.25, 0.3) is 5.91 Å². The number of nitrogens with one attached hydrogen (secondary N) is 1. The summed E-state index contributed by atoms with van der Waals surface area (Å²) in [4.78, 5) is 15.9. The lowest BCUT2D eigenvalue weighted by atomic mass is 10.00. The Morgan fingerprint density at radius 2 is 2.08 bits per heavy atom. The van der Waals surface area contributed by atoms with Crippen LogP contribution in [0.15, 0.2) is 41.8 Å². The van der Waals surface area contributed by atoms with Gasteiger partial charge in [-0.15, -0.1) is 11.3 Å². The first-order valence-corrected chi connectivity index (χ1v) is 9.07. The Labute approximate surface area is 150 Å². The summed E-state index contributed by atoms with van der Waals surface area (Å²) in [5.74, 6) is -0.0173. The molecule has 6 heteroatoms. The molecule has 3 aromatic rings. The number of methoxy groups -OCH3 is 1. The number of thiophene rings is 1. The standard InChI is InChI=1S/C19H19N3O2S/c1-12-5-7-13(8-6-12)16-15-17(21-20-16)19(23)22(9-10-24-2)18(15)14-4-3-11-25-14/h3-8,11,18H,9-10H2,1-2H3,(H,20,21). The lowest BCUT2D eigenvalue weighted by molar-refractivity contribution is 0.0680. The normalized spacial score (nSPS) is 16.5. The Kier molecular flexibility index (Phi) is 4.15. The lowest BCUT2D eigenvalue weighted by Gasteiger charge is -2.24. The molecule has 0 saturated heterocycles. The second kappa shape index (κ2) is 6.46. The molecule has 0 fully saturated rings. The molecule has 0 spiro atoms. The van der Waals surface area contributed by atoms with Crippen LogP contribution >= 0.6 is 11.3 Å². The number of carbonyl (C=O) groups excluding carboxylic acids is 1. The Morgan fingerprint density at radius 1 is 1.28 bits per heavy atom. The third-order valence-corrected chi connectivity index (χ3v) is 5.46. The minimum atomic E-state index is -0.118. The number of rotatable bonds is 5. The molecule has 3 heterocycles. The molecular formula is C19H19N3O2S. The quantitative estimate of drug-likeness (QED) is 0.762. The predicted octanol–water partition coefficient (Wildman–Crippen LogP) is 3.64. The fraction of sp³-hybridized carbons (Fsp3) is 0.263. The first-order chi connectivity index (χ1) is 12.2. The summed E-state index contributed by atoms with van der Waals surface area (Å²) >= 11 is 1.66. The molecule has 1 unspecified atom stereocenters. The molecule has 2 aromatic heterocycles. The molecule has 1 atom stereocenters. The highest BCUT2D eigenvalue weighted by molar-refractivity contribution is 7.10. The highest BCUT2D eigenvalue weighted by Gasteiger charge is 2.42. The Bertz CT molecular complexity index is 884. The fourth-order valence-corrected chi connectivity index (χ4v) is 4.14. The minimum absolute atomic E-state index is 0.0173. The number of hydrogen-bond donors (Lipinski definition) is 1. The second-order valence-corrected chi connectivity index (χ2v) is 7.12. The van der Waals surface area contributed by atoms with Crippen LogP contribution in [0.1, 0.15) is 32.5 Å². The summed E-state index contributed by atoms with van der Waals surface area (Å²) in [5, 5.41) is 9.47. The van der Waals surface area contributed by atoms with Crippen LogP contribution < -0.4 is 0 Å². The predicted molar refractivity (Wildman–Crippen MR) is 97.8 cm³/mol. The average Bonchev–Trinajstić information content (AvgIpc) is 3.33. The first kappa shape index (κ1) is 16.1. The van der Waals surface area contributed by atoms with Crippen LogP contribution in [-0.2, 0) is 4.74 Å². The van der Waals surface area contributed by atoms with E-state index in [4.69, 9.17) is 4.74 Å². The molecule has 5 nitrogen and oxygen atoms in total. The molecule has 1 aromatic carbocycles. The zero-order chi connectivity index (χ0) is 17.4. The Balaban J connectivity index is 1.83. The van der Waals surface area contributed by atoms with Crippen LogP contribution in [0.4, 0.5) is 0 Å². The van der Waals surface area contributed by atoms with E-state index in [0.717, 1.165) is 21.7 Å². The number of amides is 1. The lowest BCUT2D eigenvalue weighted by Crippen LogP contribution is -2.32. The Hall–Kier alpha value is -2.44. The molecule has 1 aliphatic heterocycles. The van der Waals surface area contributed by atoms with Gasteiger partial charge in [-0.3, -0.25) is 9.89 Å². The zero-order valence-corrected chi connectivity index (χ0v) is 15.0. The highest BCUT2D eigenvalue weighted by Crippen LogP contribution is 2.43. The van der Waals surface area contributed by atoms with E-state index < -0.39 is 0 Å². The molecule has 0 bridgehead atoms. The van der Waals surface area contributed by atoms with Crippen molar-refractivity contribution in [2.75, 3.05) is 20.3 Å². The smallest absolute Gasteiger partial charge is 0.273 e. The van der Waals surface area contributed by atoms with Gasteiger partial charge in [-0.05, 0) is 18.4 Å². The van der Waals surface area contributed by atoms with E-state index in [0.29, 0.717) is 18.8 Å². The molecule has 0 radical (unpaired) electrons. The first-order valence-electron chi connectivity index (χ1n) is 8.19. The summed E-state index contributed by atoms with van der Waals surface area (Å²) in [6.07, 6.45) is 0. The molecule has 4 rings (SSSR count). The highest BCUT2D eigenvalue weighted by atomic mass is 32.1. The number of H-pyrrole nitrogens is 1. The van der Waals surface area contributed by atoms with Crippen LogP contribution in [0.3, 0.4) is 0 Å². The van der Waals surface area contributed by atoms with Crippen LogP contribution in [0, 0.1) is 6.92 Å². The van der Waals surface area contributed by atoms with E-state index in [-0.39, 0.29) is 11.9 Å². The molecule has 25 heavy (non-hydrogen) atoms. The number of aryl methyl sites for hydroxylation is 1. The van der Waals surface area contributed by atoms with Crippen LogP contribution in [0.2, 0.25) is 0 Å². The topological polar surface area (TPSA) is 58.2 Å². The van der Waals surface area contributed by atoms with Gasteiger partial charge in [0.1, 0.15) is 5.69 Å². The molecule has 128 valence electrons. The van der Waals surface area contributed by atoms with Gasteiger partial charge < -0.3 is 9.64 Å². The zero-order valence-electron chi connectivity index (χ0n) is 14.2. The van der Waals surface area contributed by atoms with Crippen LogP contribution in [0.25, 0.3) is 11.3 Å².